The standard InChI is InChI=1S/C12H17N5/c1-8(2)12-14-4-5-17(12)7-11-15-9(3)6-10(13)16-11/h4-6,8H,7H2,1-3H3,(H2,13,15,16). The lowest BCUT2D eigenvalue weighted by Crippen LogP contribution is -2.10. The van der Waals surface area contributed by atoms with Gasteiger partial charge >= 0.3 is 0 Å². The summed E-state index contributed by atoms with van der Waals surface area (Å²) in [7, 11) is 0. The second-order valence-corrected chi connectivity index (χ2v) is 4.42. The van der Waals surface area contributed by atoms with Crippen LogP contribution in [0.25, 0.3) is 0 Å². The number of anilines is 1. The minimum Gasteiger partial charge on any atom is -0.384 e. The lowest BCUT2D eigenvalue weighted by molar-refractivity contribution is 0.648. The van der Waals surface area contributed by atoms with E-state index >= 15 is 0 Å². The molecule has 0 spiro atoms. The number of hydrogen-bond donors (Lipinski definition) is 1. The predicted octanol–water partition coefficient (Wildman–Crippen LogP) is 1.74. The molecule has 2 aromatic rings. The molecule has 0 atom stereocenters. The molecule has 2 heterocycles. The van der Waals surface area contributed by atoms with Crippen LogP contribution < -0.4 is 5.73 Å². The summed E-state index contributed by atoms with van der Waals surface area (Å²) >= 11 is 0. The van der Waals surface area contributed by atoms with Gasteiger partial charge in [0.15, 0.2) is 5.82 Å². The van der Waals surface area contributed by atoms with Crippen molar-refractivity contribution in [2.45, 2.75) is 33.2 Å². The highest BCUT2D eigenvalue weighted by atomic mass is 15.1. The lowest BCUT2D eigenvalue weighted by atomic mass is 10.2. The van der Waals surface area contributed by atoms with Crippen LogP contribution in [-0.2, 0) is 6.54 Å². The van der Waals surface area contributed by atoms with Crippen molar-refractivity contribution in [1.82, 2.24) is 19.5 Å². The molecule has 0 aromatic carbocycles. The summed E-state index contributed by atoms with van der Waals surface area (Å²) < 4.78 is 2.05. The zero-order valence-corrected chi connectivity index (χ0v) is 10.4. The van der Waals surface area contributed by atoms with E-state index in [1.807, 2.05) is 13.1 Å². The maximum absolute atomic E-state index is 5.71. The molecule has 0 bridgehead atoms. The second-order valence-electron chi connectivity index (χ2n) is 4.42. The zero-order valence-electron chi connectivity index (χ0n) is 10.4. The summed E-state index contributed by atoms with van der Waals surface area (Å²) in [6.45, 7) is 6.76. The fraction of sp³-hybridized carbons (Fsp3) is 0.417. The number of hydrogen-bond acceptors (Lipinski definition) is 4. The van der Waals surface area contributed by atoms with E-state index in [0.717, 1.165) is 17.3 Å². The van der Waals surface area contributed by atoms with Crippen molar-refractivity contribution in [3.8, 4) is 0 Å². The van der Waals surface area contributed by atoms with Gasteiger partial charge in [-0.15, -0.1) is 0 Å². The number of rotatable bonds is 3. The first-order valence-corrected chi connectivity index (χ1v) is 5.67. The van der Waals surface area contributed by atoms with Gasteiger partial charge in [-0.1, -0.05) is 13.8 Å². The van der Waals surface area contributed by atoms with E-state index in [0.29, 0.717) is 18.3 Å². The molecule has 0 aliphatic carbocycles. The molecule has 2 rings (SSSR count). The van der Waals surface area contributed by atoms with Crippen LogP contribution in [0, 0.1) is 6.92 Å². The van der Waals surface area contributed by atoms with E-state index in [2.05, 4.69) is 33.4 Å². The molecule has 0 saturated carbocycles. The van der Waals surface area contributed by atoms with E-state index in [1.54, 1.807) is 12.3 Å². The van der Waals surface area contributed by atoms with E-state index < -0.39 is 0 Å². The molecule has 0 aliphatic rings. The molecule has 0 aliphatic heterocycles. The Kier molecular flexibility index (Phi) is 3.08. The Morgan fingerprint density at radius 3 is 2.76 bits per heavy atom. The predicted molar refractivity (Wildman–Crippen MR) is 66.6 cm³/mol. The first-order chi connectivity index (χ1) is 8.06. The minimum atomic E-state index is 0.382. The van der Waals surface area contributed by atoms with Crippen molar-refractivity contribution in [3.05, 3.63) is 35.8 Å². The summed E-state index contributed by atoms with van der Waals surface area (Å²) in [5.74, 6) is 2.65. The van der Waals surface area contributed by atoms with Crippen LogP contribution in [0.3, 0.4) is 0 Å². The quantitative estimate of drug-likeness (QED) is 0.873. The van der Waals surface area contributed by atoms with E-state index in [4.69, 9.17) is 5.73 Å². The van der Waals surface area contributed by atoms with E-state index in [-0.39, 0.29) is 0 Å². The monoisotopic (exact) mass is 231 g/mol. The third-order valence-electron chi connectivity index (χ3n) is 2.50. The van der Waals surface area contributed by atoms with Crippen molar-refractivity contribution in [2.75, 3.05) is 5.73 Å². The molecule has 17 heavy (non-hydrogen) atoms. The zero-order chi connectivity index (χ0) is 12.4. The first-order valence-electron chi connectivity index (χ1n) is 5.67. The Morgan fingerprint density at radius 1 is 1.35 bits per heavy atom. The van der Waals surface area contributed by atoms with Crippen LogP contribution in [0.4, 0.5) is 5.82 Å². The molecule has 5 heteroatoms. The molecule has 0 radical (unpaired) electrons. The number of aromatic nitrogens is 4. The Labute approximate surface area is 101 Å². The molecule has 5 nitrogen and oxygen atoms in total. The van der Waals surface area contributed by atoms with Crippen LogP contribution in [0.5, 0.6) is 0 Å². The first kappa shape index (κ1) is 11.6. The molecule has 2 N–H and O–H groups in total. The Morgan fingerprint density at radius 2 is 2.12 bits per heavy atom. The van der Waals surface area contributed by atoms with Crippen molar-refractivity contribution >= 4 is 5.82 Å². The Bertz CT molecular complexity index is 495. The van der Waals surface area contributed by atoms with Gasteiger partial charge in [0.05, 0.1) is 6.54 Å². The van der Waals surface area contributed by atoms with Crippen LogP contribution >= 0.6 is 0 Å². The van der Waals surface area contributed by atoms with Crippen molar-refractivity contribution in [1.29, 1.82) is 0 Å². The third-order valence-corrected chi connectivity index (χ3v) is 2.50. The van der Waals surface area contributed by atoms with Crippen molar-refractivity contribution < 1.29 is 0 Å². The van der Waals surface area contributed by atoms with Gasteiger partial charge in [0.2, 0.25) is 0 Å². The maximum atomic E-state index is 5.71. The number of nitrogens with zero attached hydrogens (tertiary/aromatic N) is 4. The molecule has 90 valence electrons. The average molecular weight is 231 g/mol. The summed E-state index contributed by atoms with van der Waals surface area (Å²) in [5, 5.41) is 0. The Balaban J connectivity index is 2.28. The number of nitrogen functional groups attached to an aromatic ring is 1. The van der Waals surface area contributed by atoms with Gasteiger partial charge in [0.1, 0.15) is 11.6 Å². The highest BCUT2D eigenvalue weighted by Gasteiger charge is 2.09. The van der Waals surface area contributed by atoms with Crippen LogP contribution in [0.1, 0.15) is 37.1 Å². The molecule has 0 saturated heterocycles. The van der Waals surface area contributed by atoms with E-state index in [1.165, 1.54) is 0 Å². The van der Waals surface area contributed by atoms with Gasteiger partial charge in [-0.25, -0.2) is 15.0 Å². The molecule has 0 amide bonds. The normalized spacial score (nSPS) is 11.1. The highest BCUT2D eigenvalue weighted by Crippen LogP contribution is 2.13. The van der Waals surface area contributed by atoms with Crippen LogP contribution in [0.15, 0.2) is 18.5 Å². The van der Waals surface area contributed by atoms with Gasteiger partial charge in [-0.05, 0) is 6.92 Å². The molecular weight excluding hydrogens is 214 g/mol. The largest absolute Gasteiger partial charge is 0.384 e. The maximum Gasteiger partial charge on any atom is 0.150 e. The number of imidazole rings is 1. The molecule has 0 unspecified atom stereocenters. The summed E-state index contributed by atoms with van der Waals surface area (Å²) in [5.41, 5.74) is 6.60. The number of nitrogens with two attached hydrogens (primary N) is 1. The minimum absolute atomic E-state index is 0.382. The topological polar surface area (TPSA) is 69.6 Å². The number of aryl methyl sites for hydroxylation is 1. The van der Waals surface area contributed by atoms with Gasteiger partial charge in [0, 0.05) is 30.1 Å². The molecule has 0 fully saturated rings. The third kappa shape index (κ3) is 2.61. The second kappa shape index (κ2) is 4.53. The highest BCUT2D eigenvalue weighted by molar-refractivity contribution is 5.29. The van der Waals surface area contributed by atoms with Gasteiger partial charge in [0.25, 0.3) is 0 Å². The Hall–Kier alpha value is -1.91. The molecule has 2 aromatic heterocycles. The van der Waals surface area contributed by atoms with Crippen LogP contribution in [0.2, 0.25) is 0 Å². The SMILES string of the molecule is Cc1cc(N)nc(Cn2ccnc2C(C)C)n1. The summed E-state index contributed by atoms with van der Waals surface area (Å²) in [6, 6.07) is 1.76. The van der Waals surface area contributed by atoms with Crippen LogP contribution in [-0.4, -0.2) is 19.5 Å². The smallest absolute Gasteiger partial charge is 0.150 e. The van der Waals surface area contributed by atoms with Crippen molar-refractivity contribution in [3.63, 3.8) is 0 Å². The van der Waals surface area contributed by atoms with Gasteiger partial charge in [-0.2, -0.15) is 0 Å². The fourth-order valence-electron chi connectivity index (χ4n) is 1.83. The molecular formula is C12H17N5. The van der Waals surface area contributed by atoms with Gasteiger partial charge in [-0.3, -0.25) is 0 Å². The summed E-state index contributed by atoms with van der Waals surface area (Å²) in [4.78, 5) is 12.9. The van der Waals surface area contributed by atoms with Crippen molar-refractivity contribution in [2.24, 2.45) is 0 Å². The van der Waals surface area contributed by atoms with E-state index in [9.17, 15) is 0 Å². The fourth-order valence-corrected chi connectivity index (χ4v) is 1.83. The average Bonchev–Trinajstić information content (AvgIpc) is 2.63. The van der Waals surface area contributed by atoms with Gasteiger partial charge < -0.3 is 10.3 Å². The lowest BCUT2D eigenvalue weighted by Gasteiger charge is -2.10. The summed E-state index contributed by atoms with van der Waals surface area (Å²) in [6.07, 6.45) is 3.74.